The van der Waals surface area contributed by atoms with E-state index in [1.165, 1.54) is 5.56 Å². The smallest absolute Gasteiger partial charge is 0.128 e. The summed E-state index contributed by atoms with van der Waals surface area (Å²) in [4.78, 5) is 4.27. The van der Waals surface area contributed by atoms with Crippen LogP contribution in [-0.4, -0.2) is 26.5 Å². The minimum atomic E-state index is 0.874. The molecule has 0 fully saturated rings. The minimum absolute atomic E-state index is 0.874. The second kappa shape index (κ2) is 5.25. The number of nitrogens with one attached hydrogen (secondary N) is 1. The van der Waals surface area contributed by atoms with Crippen molar-refractivity contribution in [1.82, 2.24) is 20.0 Å². The number of aryl methyl sites for hydroxylation is 2. The third-order valence-electron chi connectivity index (χ3n) is 2.34. The van der Waals surface area contributed by atoms with Gasteiger partial charge in [0, 0.05) is 25.5 Å². The summed E-state index contributed by atoms with van der Waals surface area (Å²) in [5.41, 5.74) is 1.17. The number of rotatable bonds is 5. The molecule has 2 aromatic heterocycles. The lowest BCUT2D eigenvalue weighted by Gasteiger charge is -2.07. The first-order valence-corrected chi connectivity index (χ1v) is 5.36. The fourth-order valence-corrected chi connectivity index (χ4v) is 1.47. The Morgan fingerprint density at radius 2 is 2.31 bits per heavy atom. The summed E-state index contributed by atoms with van der Waals surface area (Å²) in [5, 5.41) is 11.0. The van der Waals surface area contributed by atoms with Crippen molar-refractivity contribution >= 4 is 5.82 Å². The lowest BCUT2D eigenvalue weighted by atomic mass is 10.3. The molecule has 16 heavy (non-hydrogen) atoms. The summed E-state index contributed by atoms with van der Waals surface area (Å²) in [6, 6.07) is 3.99. The Morgan fingerprint density at radius 1 is 1.38 bits per heavy atom. The molecule has 0 bridgehead atoms. The van der Waals surface area contributed by atoms with E-state index in [2.05, 4.69) is 20.6 Å². The van der Waals surface area contributed by atoms with Crippen LogP contribution in [0.25, 0.3) is 0 Å². The number of anilines is 1. The maximum Gasteiger partial charge on any atom is 0.128 e. The Balaban J connectivity index is 1.74. The zero-order chi connectivity index (χ0) is 11.2. The first-order chi connectivity index (χ1) is 7.86. The van der Waals surface area contributed by atoms with Gasteiger partial charge in [0.2, 0.25) is 0 Å². The average molecular weight is 217 g/mol. The number of hydrogen-bond acceptors (Lipinski definition) is 4. The van der Waals surface area contributed by atoms with E-state index >= 15 is 0 Å². The molecule has 1 N–H and O–H groups in total. The molecule has 0 atom stereocenters. The lowest BCUT2D eigenvalue weighted by Crippen LogP contribution is -2.08. The highest BCUT2D eigenvalue weighted by atomic mass is 15.4. The van der Waals surface area contributed by atoms with Crippen LogP contribution < -0.4 is 5.32 Å². The van der Waals surface area contributed by atoms with Crippen LogP contribution >= 0.6 is 0 Å². The summed E-state index contributed by atoms with van der Waals surface area (Å²) in [6.07, 6.45) is 6.36. The zero-order valence-corrected chi connectivity index (χ0v) is 9.30. The van der Waals surface area contributed by atoms with Crippen LogP contribution in [-0.2, 0) is 6.54 Å². The molecule has 0 saturated carbocycles. The molecule has 0 unspecified atom stereocenters. The van der Waals surface area contributed by atoms with Crippen LogP contribution in [0.2, 0.25) is 0 Å². The fraction of sp³-hybridized carbons (Fsp3) is 0.364. The van der Waals surface area contributed by atoms with Crippen molar-refractivity contribution in [2.45, 2.75) is 19.9 Å². The second-order valence-corrected chi connectivity index (χ2v) is 3.62. The second-order valence-electron chi connectivity index (χ2n) is 3.62. The molecule has 0 aliphatic rings. The fourth-order valence-electron chi connectivity index (χ4n) is 1.47. The Hall–Kier alpha value is -1.91. The monoisotopic (exact) mass is 217 g/mol. The van der Waals surface area contributed by atoms with E-state index in [0.717, 1.165) is 25.3 Å². The zero-order valence-electron chi connectivity index (χ0n) is 9.30. The normalized spacial score (nSPS) is 10.3. The Labute approximate surface area is 94.5 Å². The lowest BCUT2D eigenvalue weighted by molar-refractivity contribution is 0.569. The van der Waals surface area contributed by atoms with Crippen molar-refractivity contribution in [2.24, 2.45) is 0 Å². The first-order valence-electron chi connectivity index (χ1n) is 5.36. The van der Waals surface area contributed by atoms with Crippen molar-refractivity contribution < 1.29 is 0 Å². The molecule has 5 nitrogen and oxygen atoms in total. The van der Waals surface area contributed by atoms with Crippen LogP contribution in [0.5, 0.6) is 0 Å². The molecular weight excluding hydrogens is 202 g/mol. The first kappa shape index (κ1) is 10.6. The molecule has 0 saturated heterocycles. The van der Waals surface area contributed by atoms with Crippen molar-refractivity contribution in [3.63, 3.8) is 0 Å². The van der Waals surface area contributed by atoms with Gasteiger partial charge in [-0.1, -0.05) is 11.3 Å². The molecule has 0 aromatic carbocycles. The van der Waals surface area contributed by atoms with Gasteiger partial charge in [0.25, 0.3) is 0 Å². The van der Waals surface area contributed by atoms with E-state index in [0.29, 0.717) is 0 Å². The topological polar surface area (TPSA) is 55.6 Å². The van der Waals surface area contributed by atoms with Gasteiger partial charge in [-0.3, -0.25) is 4.68 Å². The summed E-state index contributed by atoms with van der Waals surface area (Å²) >= 11 is 0. The molecule has 0 radical (unpaired) electrons. The van der Waals surface area contributed by atoms with Gasteiger partial charge in [0.15, 0.2) is 0 Å². The molecule has 0 aliphatic heterocycles. The summed E-state index contributed by atoms with van der Waals surface area (Å²) in [7, 11) is 0. The molecule has 2 heterocycles. The molecule has 2 aromatic rings. The number of aromatic nitrogens is 4. The van der Waals surface area contributed by atoms with Crippen LogP contribution in [0.15, 0.2) is 30.7 Å². The SMILES string of the molecule is Cc1cccnc1NCCCn1ccnn1. The van der Waals surface area contributed by atoms with E-state index in [9.17, 15) is 0 Å². The Kier molecular flexibility index (Phi) is 3.48. The molecule has 0 spiro atoms. The highest BCUT2D eigenvalue weighted by Crippen LogP contribution is 2.08. The predicted molar refractivity (Wildman–Crippen MR) is 62.1 cm³/mol. The van der Waals surface area contributed by atoms with Crippen LogP contribution in [0.1, 0.15) is 12.0 Å². The predicted octanol–water partition coefficient (Wildman–Crippen LogP) is 1.48. The maximum absolute atomic E-state index is 4.27. The third-order valence-corrected chi connectivity index (χ3v) is 2.34. The van der Waals surface area contributed by atoms with Gasteiger partial charge in [-0.2, -0.15) is 0 Å². The molecule has 2 rings (SSSR count). The van der Waals surface area contributed by atoms with E-state index in [4.69, 9.17) is 0 Å². The van der Waals surface area contributed by atoms with Crippen molar-refractivity contribution in [3.05, 3.63) is 36.3 Å². The van der Waals surface area contributed by atoms with Gasteiger partial charge < -0.3 is 5.32 Å². The number of hydrogen-bond donors (Lipinski definition) is 1. The van der Waals surface area contributed by atoms with E-state index in [-0.39, 0.29) is 0 Å². The molecule has 5 heteroatoms. The summed E-state index contributed by atoms with van der Waals surface area (Å²) in [6.45, 7) is 3.81. The Bertz CT molecular complexity index is 424. The highest BCUT2D eigenvalue weighted by molar-refractivity contribution is 5.42. The van der Waals surface area contributed by atoms with Crippen LogP contribution in [0.4, 0.5) is 5.82 Å². The van der Waals surface area contributed by atoms with E-state index in [1.54, 1.807) is 12.4 Å². The van der Waals surface area contributed by atoms with Gasteiger partial charge in [-0.25, -0.2) is 4.98 Å². The molecule has 84 valence electrons. The quantitative estimate of drug-likeness (QED) is 0.771. The van der Waals surface area contributed by atoms with Gasteiger partial charge in [-0.15, -0.1) is 5.10 Å². The Morgan fingerprint density at radius 3 is 3.06 bits per heavy atom. The third kappa shape index (κ3) is 2.79. The van der Waals surface area contributed by atoms with Crippen molar-refractivity contribution in [1.29, 1.82) is 0 Å². The molecular formula is C11H15N5. The minimum Gasteiger partial charge on any atom is -0.370 e. The largest absolute Gasteiger partial charge is 0.370 e. The van der Waals surface area contributed by atoms with Crippen molar-refractivity contribution in [3.8, 4) is 0 Å². The van der Waals surface area contributed by atoms with Gasteiger partial charge in [-0.05, 0) is 25.0 Å². The van der Waals surface area contributed by atoms with Crippen LogP contribution in [0.3, 0.4) is 0 Å². The van der Waals surface area contributed by atoms with Crippen LogP contribution in [0, 0.1) is 6.92 Å². The molecule has 0 aliphatic carbocycles. The average Bonchev–Trinajstić information content (AvgIpc) is 2.79. The van der Waals surface area contributed by atoms with Gasteiger partial charge >= 0.3 is 0 Å². The van der Waals surface area contributed by atoms with Crippen molar-refractivity contribution in [2.75, 3.05) is 11.9 Å². The van der Waals surface area contributed by atoms with E-state index in [1.807, 2.05) is 29.9 Å². The summed E-state index contributed by atoms with van der Waals surface area (Å²) in [5.74, 6) is 0.959. The molecule has 0 amide bonds. The van der Waals surface area contributed by atoms with E-state index < -0.39 is 0 Å². The number of nitrogens with zero attached hydrogens (tertiary/aromatic N) is 4. The maximum atomic E-state index is 4.27. The summed E-state index contributed by atoms with van der Waals surface area (Å²) < 4.78 is 1.83. The van der Waals surface area contributed by atoms with Gasteiger partial charge in [0.1, 0.15) is 5.82 Å². The van der Waals surface area contributed by atoms with Gasteiger partial charge in [0.05, 0.1) is 6.20 Å². The highest BCUT2D eigenvalue weighted by Gasteiger charge is 1.97. The number of pyridine rings is 1. The standard InChI is InChI=1S/C11H15N5/c1-10-4-2-5-12-11(10)13-6-3-8-16-9-7-14-15-16/h2,4-5,7,9H,3,6,8H2,1H3,(H,12,13).